The molecule has 1 saturated carbocycles. The quantitative estimate of drug-likeness (QED) is 0.207. The normalized spacial score (nSPS) is 21.9. The number of benzene rings is 2. The summed E-state index contributed by atoms with van der Waals surface area (Å²) in [4.78, 5) is 32.5. The Kier molecular flexibility index (Phi) is 6.67. The molecule has 7 rings (SSSR count). The maximum atomic E-state index is 14.8. The van der Waals surface area contributed by atoms with Gasteiger partial charge >= 0.3 is 11.9 Å². The first-order valence-corrected chi connectivity index (χ1v) is 15.0. The summed E-state index contributed by atoms with van der Waals surface area (Å²) in [7, 11) is 1.26. The number of halogens is 3. The number of thiazole rings is 1. The van der Waals surface area contributed by atoms with Crippen molar-refractivity contribution in [3.8, 4) is 11.3 Å². The van der Waals surface area contributed by atoms with Crippen LogP contribution in [0.5, 0.6) is 0 Å². The first kappa shape index (κ1) is 26.7. The molecule has 3 aliphatic rings. The summed E-state index contributed by atoms with van der Waals surface area (Å²) in [6, 6.07) is 8.05. The molecule has 0 unspecified atom stereocenters. The third-order valence-electron chi connectivity index (χ3n) is 8.11. The highest BCUT2D eigenvalue weighted by Gasteiger charge is 2.45. The first-order chi connectivity index (χ1) is 19.8. The van der Waals surface area contributed by atoms with Gasteiger partial charge in [-0.25, -0.2) is 19.0 Å². The molecule has 0 N–H and O–H groups in total. The number of carbonyl (C=O) groups excluding carboxylic acids is 2. The fourth-order valence-electron chi connectivity index (χ4n) is 6.09. The Bertz CT molecular complexity index is 1670. The number of fused-ring (bicyclic) bond motifs is 3. The van der Waals surface area contributed by atoms with Crippen molar-refractivity contribution in [2.75, 3.05) is 12.0 Å². The van der Waals surface area contributed by atoms with Crippen LogP contribution in [0.1, 0.15) is 70.9 Å². The summed E-state index contributed by atoms with van der Waals surface area (Å²) in [6.45, 7) is 0. The van der Waals surface area contributed by atoms with Gasteiger partial charge in [-0.1, -0.05) is 45.8 Å². The lowest BCUT2D eigenvalue weighted by atomic mass is 9.99. The number of carbonyl (C=O) groups is 2. The van der Waals surface area contributed by atoms with Crippen molar-refractivity contribution in [1.29, 1.82) is 0 Å². The molecule has 3 atom stereocenters. The number of anilines is 1. The zero-order valence-electron chi connectivity index (χ0n) is 21.9. The smallest absolute Gasteiger partial charge is 0.344 e. The van der Waals surface area contributed by atoms with E-state index in [1.54, 1.807) is 24.3 Å². The molecule has 0 amide bonds. The van der Waals surface area contributed by atoms with E-state index >= 15 is 0 Å². The Balaban J connectivity index is 1.13. The largest absolute Gasteiger partial charge is 0.465 e. The topological polar surface area (TPSA) is 94.8 Å². The van der Waals surface area contributed by atoms with Crippen molar-refractivity contribution in [3.63, 3.8) is 0 Å². The summed E-state index contributed by atoms with van der Waals surface area (Å²) >= 11 is 14.3. The fraction of sp³-hybridized carbons (Fsp3) is 0.379. The van der Waals surface area contributed by atoms with Crippen molar-refractivity contribution in [2.45, 2.75) is 62.6 Å². The summed E-state index contributed by atoms with van der Waals surface area (Å²) in [5.74, 6) is -1.01. The van der Waals surface area contributed by atoms with Gasteiger partial charge in [0.05, 0.1) is 27.4 Å². The average molecular weight is 616 g/mol. The molecule has 8 nitrogen and oxygen atoms in total. The predicted molar refractivity (Wildman–Crippen MR) is 153 cm³/mol. The van der Waals surface area contributed by atoms with Crippen LogP contribution in [0.25, 0.3) is 21.5 Å². The van der Waals surface area contributed by atoms with Crippen molar-refractivity contribution < 1.29 is 28.0 Å². The van der Waals surface area contributed by atoms with Gasteiger partial charge in [-0.15, -0.1) is 0 Å². The van der Waals surface area contributed by atoms with Gasteiger partial charge in [0.1, 0.15) is 22.9 Å². The zero-order valence-corrected chi connectivity index (χ0v) is 24.2. The van der Waals surface area contributed by atoms with Crippen LogP contribution in [0, 0.1) is 5.82 Å². The van der Waals surface area contributed by atoms with E-state index in [0.29, 0.717) is 55.3 Å². The molecule has 2 aliphatic heterocycles. The molecule has 2 aromatic heterocycles. The van der Waals surface area contributed by atoms with E-state index in [1.165, 1.54) is 18.4 Å². The number of rotatable bonds is 6. The van der Waals surface area contributed by atoms with Gasteiger partial charge in [0.15, 0.2) is 16.7 Å². The van der Waals surface area contributed by atoms with Crippen molar-refractivity contribution >= 4 is 61.8 Å². The second-order valence-electron chi connectivity index (χ2n) is 10.7. The Morgan fingerprint density at radius 3 is 2.44 bits per heavy atom. The predicted octanol–water partition coefficient (Wildman–Crippen LogP) is 7.42. The van der Waals surface area contributed by atoms with E-state index in [9.17, 15) is 14.0 Å². The van der Waals surface area contributed by atoms with Gasteiger partial charge < -0.3 is 18.9 Å². The Morgan fingerprint density at radius 2 is 1.78 bits per heavy atom. The minimum atomic E-state index is -0.596. The van der Waals surface area contributed by atoms with Crippen LogP contribution in [-0.2, 0) is 9.47 Å². The van der Waals surface area contributed by atoms with E-state index in [0.717, 1.165) is 31.7 Å². The van der Waals surface area contributed by atoms with Gasteiger partial charge in [-0.05, 0) is 49.9 Å². The molecule has 2 saturated heterocycles. The number of hydrogen-bond donors (Lipinski definition) is 0. The Labute approximate surface area is 248 Å². The molecule has 4 aromatic rings. The van der Waals surface area contributed by atoms with Crippen LogP contribution in [0.4, 0.5) is 9.52 Å². The fourth-order valence-corrected chi connectivity index (χ4v) is 7.83. The third-order valence-corrected chi connectivity index (χ3v) is 9.76. The second kappa shape index (κ2) is 10.3. The van der Waals surface area contributed by atoms with Crippen molar-refractivity contribution in [1.82, 2.24) is 10.1 Å². The lowest BCUT2D eigenvalue weighted by Gasteiger charge is -2.38. The number of hydrogen-bond acceptors (Lipinski definition) is 9. The SMILES string of the molecule is COC(=O)c1cc(F)c2nc(N3[C@@H]4CC[C@H]3C[C@@H](OC(=O)c3c(-c5c(Cl)cccc5Cl)noc3C3CC3)C4)sc2c1. The molecule has 2 bridgehead atoms. The summed E-state index contributed by atoms with van der Waals surface area (Å²) in [6.07, 6.45) is 4.55. The van der Waals surface area contributed by atoms with E-state index in [2.05, 4.69) is 15.0 Å². The molecular weight excluding hydrogens is 592 g/mol. The Hall–Kier alpha value is -3.21. The maximum absolute atomic E-state index is 14.8. The summed E-state index contributed by atoms with van der Waals surface area (Å²) < 4.78 is 31.9. The van der Waals surface area contributed by atoms with Gasteiger partial charge in [0.25, 0.3) is 0 Å². The zero-order chi connectivity index (χ0) is 28.4. The number of ether oxygens (including phenoxy) is 2. The molecule has 0 radical (unpaired) electrons. The monoisotopic (exact) mass is 615 g/mol. The molecule has 3 fully saturated rings. The molecule has 41 heavy (non-hydrogen) atoms. The number of esters is 2. The standard InChI is InChI=1S/C29H24Cl2FN3O5S/c1-38-27(36)14-9-20(32)24-21(10-14)41-29(33-24)35-15-7-8-16(35)12-17(11-15)39-28(37)23-25(34-40-26(23)13-5-6-13)22-18(30)3-2-4-19(22)31/h2-4,9-10,13,15-17H,5-8,11-12H2,1H3/t15-,16+,17+. The molecular formula is C29H24Cl2FN3O5S. The number of piperidine rings is 1. The minimum Gasteiger partial charge on any atom is -0.465 e. The molecule has 1 aliphatic carbocycles. The van der Waals surface area contributed by atoms with Crippen LogP contribution in [0.15, 0.2) is 34.9 Å². The van der Waals surface area contributed by atoms with E-state index in [1.807, 2.05) is 0 Å². The lowest BCUT2D eigenvalue weighted by molar-refractivity contribution is 0.0202. The van der Waals surface area contributed by atoms with Crippen molar-refractivity contribution in [2.24, 2.45) is 0 Å². The third kappa shape index (κ3) is 4.66. The lowest BCUT2D eigenvalue weighted by Crippen LogP contribution is -2.46. The molecule has 12 heteroatoms. The van der Waals surface area contributed by atoms with Gasteiger partial charge in [0.2, 0.25) is 0 Å². The van der Waals surface area contributed by atoms with Crippen LogP contribution >= 0.6 is 34.5 Å². The first-order valence-electron chi connectivity index (χ1n) is 13.4. The van der Waals surface area contributed by atoms with E-state index in [4.69, 9.17) is 37.2 Å². The van der Waals surface area contributed by atoms with Crippen LogP contribution in [0.2, 0.25) is 10.0 Å². The second-order valence-corrected chi connectivity index (χ2v) is 12.5. The van der Waals surface area contributed by atoms with Crippen LogP contribution in [-0.4, -0.2) is 47.4 Å². The van der Waals surface area contributed by atoms with Crippen LogP contribution < -0.4 is 4.90 Å². The highest BCUT2D eigenvalue weighted by molar-refractivity contribution is 7.22. The molecule has 212 valence electrons. The van der Waals surface area contributed by atoms with E-state index < -0.39 is 17.8 Å². The van der Waals surface area contributed by atoms with E-state index in [-0.39, 0.29) is 35.2 Å². The molecule has 0 spiro atoms. The summed E-state index contributed by atoms with van der Waals surface area (Å²) in [5.41, 5.74) is 1.43. The minimum absolute atomic E-state index is 0.0816. The van der Waals surface area contributed by atoms with Crippen LogP contribution in [0.3, 0.4) is 0 Å². The highest BCUT2D eigenvalue weighted by atomic mass is 35.5. The maximum Gasteiger partial charge on any atom is 0.344 e. The number of methoxy groups -OCH3 is 1. The highest BCUT2D eigenvalue weighted by Crippen LogP contribution is 2.47. The Morgan fingerprint density at radius 1 is 1.07 bits per heavy atom. The number of nitrogens with zero attached hydrogens (tertiary/aromatic N) is 3. The van der Waals surface area contributed by atoms with Gasteiger partial charge in [-0.2, -0.15) is 0 Å². The molecule has 4 heterocycles. The van der Waals surface area contributed by atoms with Gasteiger partial charge in [-0.3, -0.25) is 0 Å². The molecule has 2 aromatic carbocycles. The van der Waals surface area contributed by atoms with Crippen molar-refractivity contribution in [3.05, 3.63) is 63.1 Å². The average Bonchev–Trinajstić information content (AvgIpc) is 3.45. The van der Waals surface area contributed by atoms with Gasteiger partial charge in [0, 0.05) is 36.4 Å². The summed E-state index contributed by atoms with van der Waals surface area (Å²) in [5, 5.41) is 5.66. The number of aromatic nitrogens is 2.